The lowest BCUT2D eigenvalue weighted by Crippen LogP contribution is -2.24. The van der Waals surface area contributed by atoms with Crippen LogP contribution >= 0.6 is 0 Å². The second-order valence-electron chi connectivity index (χ2n) is 3.77. The molecule has 0 bridgehead atoms. The zero-order chi connectivity index (χ0) is 11.9. The molecule has 4 nitrogen and oxygen atoms in total. The molecular formula is C9H10F3N3O. The van der Waals surface area contributed by atoms with E-state index in [1.165, 1.54) is 9.47 Å². The van der Waals surface area contributed by atoms with Gasteiger partial charge in [0.15, 0.2) is 5.69 Å². The highest BCUT2D eigenvalue weighted by molar-refractivity contribution is 5.82. The SMILES string of the molecule is CN1CCC(n2cnc(C(F)(F)F)c2)C1=O. The maximum Gasteiger partial charge on any atom is 0.434 e. The van der Waals surface area contributed by atoms with Crippen molar-refractivity contribution in [2.75, 3.05) is 13.6 Å². The molecule has 1 aliphatic heterocycles. The Morgan fingerprint density at radius 1 is 1.50 bits per heavy atom. The van der Waals surface area contributed by atoms with Crippen LogP contribution in [0.25, 0.3) is 0 Å². The highest BCUT2D eigenvalue weighted by atomic mass is 19.4. The minimum atomic E-state index is -4.46. The third kappa shape index (κ3) is 1.77. The van der Waals surface area contributed by atoms with Gasteiger partial charge in [0.2, 0.25) is 5.91 Å². The first-order chi connectivity index (χ1) is 7.39. The zero-order valence-electron chi connectivity index (χ0n) is 8.53. The van der Waals surface area contributed by atoms with Gasteiger partial charge in [0.25, 0.3) is 0 Å². The summed E-state index contributed by atoms with van der Waals surface area (Å²) in [7, 11) is 1.63. The third-order valence-corrected chi connectivity index (χ3v) is 2.65. The van der Waals surface area contributed by atoms with Crippen molar-refractivity contribution in [3.05, 3.63) is 18.2 Å². The molecule has 2 rings (SSSR count). The predicted molar refractivity (Wildman–Crippen MR) is 48.5 cm³/mol. The number of halogens is 3. The van der Waals surface area contributed by atoms with E-state index in [0.717, 1.165) is 12.5 Å². The summed E-state index contributed by atoms with van der Waals surface area (Å²) >= 11 is 0. The number of amides is 1. The third-order valence-electron chi connectivity index (χ3n) is 2.65. The van der Waals surface area contributed by atoms with Crippen molar-refractivity contribution < 1.29 is 18.0 Å². The molecule has 1 aliphatic rings. The van der Waals surface area contributed by atoms with Crippen molar-refractivity contribution in [1.29, 1.82) is 0 Å². The molecule has 1 fully saturated rings. The number of nitrogens with zero attached hydrogens (tertiary/aromatic N) is 3. The first kappa shape index (κ1) is 11.0. The second-order valence-corrected chi connectivity index (χ2v) is 3.77. The van der Waals surface area contributed by atoms with E-state index in [1.54, 1.807) is 7.05 Å². The van der Waals surface area contributed by atoms with E-state index in [1.807, 2.05) is 0 Å². The number of likely N-dealkylation sites (N-methyl/N-ethyl adjacent to an activating group) is 1. The van der Waals surface area contributed by atoms with Gasteiger partial charge in [-0.2, -0.15) is 13.2 Å². The van der Waals surface area contributed by atoms with Crippen molar-refractivity contribution in [1.82, 2.24) is 14.5 Å². The number of aromatic nitrogens is 2. The van der Waals surface area contributed by atoms with Gasteiger partial charge in [-0.1, -0.05) is 0 Å². The van der Waals surface area contributed by atoms with Crippen LogP contribution in [0.15, 0.2) is 12.5 Å². The summed E-state index contributed by atoms with van der Waals surface area (Å²) in [6.45, 7) is 0.559. The van der Waals surface area contributed by atoms with Gasteiger partial charge in [-0.3, -0.25) is 4.79 Å². The molecule has 1 amide bonds. The molecule has 1 unspecified atom stereocenters. The molecule has 1 aromatic heterocycles. The van der Waals surface area contributed by atoms with Crippen LogP contribution in [0.3, 0.4) is 0 Å². The van der Waals surface area contributed by atoms with Crippen molar-refractivity contribution in [2.24, 2.45) is 0 Å². The molecule has 0 aromatic carbocycles. The van der Waals surface area contributed by atoms with Gasteiger partial charge in [0, 0.05) is 19.8 Å². The van der Waals surface area contributed by atoms with E-state index in [0.29, 0.717) is 13.0 Å². The maximum atomic E-state index is 12.3. The molecular weight excluding hydrogens is 223 g/mol. The first-order valence-corrected chi connectivity index (χ1v) is 4.75. The molecule has 0 N–H and O–H groups in total. The maximum absolute atomic E-state index is 12.3. The Morgan fingerprint density at radius 3 is 2.62 bits per heavy atom. The Balaban J connectivity index is 2.23. The fraction of sp³-hybridized carbons (Fsp3) is 0.556. The molecule has 16 heavy (non-hydrogen) atoms. The monoisotopic (exact) mass is 233 g/mol. The number of hydrogen-bond donors (Lipinski definition) is 0. The summed E-state index contributed by atoms with van der Waals surface area (Å²) in [6.07, 6.45) is -2.01. The molecule has 1 aromatic rings. The first-order valence-electron chi connectivity index (χ1n) is 4.75. The van der Waals surface area contributed by atoms with Crippen molar-refractivity contribution in [3.8, 4) is 0 Å². The number of imidazole rings is 1. The van der Waals surface area contributed by atoms with Crippen molar-refractivity contribution in [3.63, 3.8) is 0 Å². The summed E-state index contributed by atoms with van der Waals surface area (Å²) in [5.41, 5.74) is -0.963. The van der Waals surface area contributed by atoms with E-state index < -0.39 is 17.9 Å². The summed E-state index contributed by atoms with van der Waals surface area (Å²) < 4.78 is 38.1. The fourth-order valence-corrected chi connectivity index (χ4v) is 1.73. The van der Waals surface area contributed by atoms with Gasteiger partial charge < -0.3 is 9.47 Å². The van der Waals surface area contributed by atoms with Crippen LogP contribution in [-0.2, 0) is 11.0 Å². The molecule has 1 atom stereocenters. The summed E-state index contributed by atoms with van der Waals surface area (Å²) in [4.78, 5) is 16.3. The minimum Gasteiger partial charge on any atom is -0.344 e. The van der Waals surface area contributed by atoms with Crippen LogP contribution < -0.4 is 0 Å². The van der Waals surface area contributed by atoms with Gasteiger partial charge in [-0.15, -0.1) is 0 Å². The molecule has 7 heteroatoms. The molecule has 88 valence electrons. The Kier molecular flexibility index (Phi) is 2.40. The van der Waals surface area contributed by atoms with Crippen LogP contribution in [0.1, 0.15) is 18.2 Å². The second kappa shape index (κ2) is 3.50. The minimum absolute atomic E-state index is 0.175. The quantitative estimate of drug-likeness (QED) is 0.733. The van der Waals surface area contributed by atoms with Crippen LogP contribution in [0.4, 0.5) is 13.2 Å². The number of rotatable bonds is 1. The normalized spacial score (nSPS) is 21.9. The molecule has 0 spiro atoms. The molecule has 0 aliphatic carbocycles. The van der Waals surface area contributed by atoms with Crippen molar-refractivity contribution in [2.45, 2.75) is 18.6 Å². The van der Waals surface area contributed by atoms with Gasteiger partial charge in [-0.25, -0.2) is 4.98 Å². The number of alkyl halides is 3. The molecule has 0 saturated carbocycles. The Bertz CT molecular complexity index is 412. The lowest BCUT2D eigenvalue weighted by Gasteiger charge is -2.10. The van der Waals surface area contributed by atoms with Gasteiger partial charge in [0.1, 0.15) is 6.04 Å². The lowest BCUT2D eigenvalue weighted by atomic mass is 10.2. The predicted octanol–water partition coefficient (Wildman–Crippen LogP) is 1.31. The van der Waals surface area contributed by atoms with E-state index in [-0.39, 0.29) is 5.91 Å². The Labute approximate surface area is 89.7 Å². The van der Waals surface area contributed by atoms with Gasteiger partial charge in [0.05, 0.1) is 6.33 Å². The van der Waals surface area contributed by atoms with Crippen LogP contribution in [-0.4, -0.2) is 34.0 Å². The average Bonchev–Trinajstić information content (AvgIpc) is 2.74. The van der Waals surface area contributed by atoms with Crippen LogP contribution in [0, 0.1) is 0 Å². The lowest BCUT2D eigenvalue weighted by molar-refractivity contribution is -0.141. The van der Waals surface area contributed by atoms with Crippen molar-refractivity contribution >= 4 is 5.91 Å². The smallest absolute Gasteiger partial charge is 0.344 e. The number of hydrogen-bond acceptors (Lipinski definition) is 2. The van der Waals surface area contributed by atoms with Gasteiger partial charge >= 0.3 is 6.18 Å². The molecule has 2 heterocycles. The van der Waals surface area contributed by atoms with E-state index in [9.17, 15) is 18.0 Å². The topological polar surface area (TPSA) is 38.1 Å². The summed E-state index contributed by atoms with van der Waals surface area (Å²) in [5, 5.41) is 0. The van der Waals surface area contributed by atoms with E-state index >= 15 is 0 Å². The molecule has 0 radical (unpaired) electrons. The standard InChI is InChI=1S/C9H10F3N3O/c1-14-3-2-6(8(14)16)15-4-7(13-5-15)9(10,11)12/h4-6H,2-3H2,1H3. The number of carbonyl (C=O) groups excluding carboxylic acids is 1. The highest BCUT2D eigenvalue weighted by Crippen LogP contribution is 2.29. The summed E-state index contributed by atoms with van der Waals surface area (Å²) in [5.74, 6) is -0.175. The number of likely N-dealkylation sites (tertiary alicyclic amines) is 1. The molecule has 1 saturated heterocycles. The summed E-state index contributed by atoms with van der Waals surface area (Å²) in [6, 6.07) is -0.548. The van der Waals surface area contributed by atoms with Gasteiger partial charge in [-0.05, 0) is 6.42 Å². The highest BCUT2D eigenvalue weighted by Gasteiger charge is 2.36. The average molecular weight is 233 g/mol. The zero-order valence-corrected chi connectivity index (χ0v) is 8.53. The number of carbonyl (C=O) groups is 1. The fourth-order valence-electron chi connectivity index (χ4n) is 1.73. The van der Waals surface area contributed by atoms with E-state index in [4.69, 9.17) is 0 Å². The largest absolute Gasteiger partial charge is 0.434 e. The van der Waals surface area contributed by atoms with Crippen LogP contribution in [0.2, 0.25) is 0 Å². The Morgan fingerprint density at radius 2 is 2.19 bits per heavy atom. The van der Waals surface area contributed by atoms with E-state index in [2.05, 4.69) is 4.98 Å². The van der Waals surface area contributed by atoms with Crippen LogP contribution in [0.5, 0.6) is 0 Å². The Hall–Kier alpha value is -1.53.